The second-order valence-electron chi connectivity index (χ2n) is 6.17. The van der Waals surface area contributed by atoms with E-state index in [1.54, 1.807) is 6.07 Å². The maximum Gasteiger partial charge on any atom is 0.407 e. The maximum atomic E-state index is 13.0. The molecule has 0 spiro atoms. The molecule has 1 aromatic carbocycles. The molecule has 1 amide bonds. The fourth-order valence-corrected chi connectivity index (χ4v) is 2.14. The van der Waals surface area contributed by atoms with Gasteiger partial charge in [0.15, 0.2) is 0 Å². The normalized spacial score (nSPS) is 21.8. The van der Waals surface area contributed by atoms with Gasteiger partial charge in [-0.15, -0.1) is 0 Å². The van der Waals surface area contributed by atoms with E-state index in [4.69, 9.17) is 4.74 Å². The molecule has 4 nitrogen and oxygen atoms in total. The van der Waals surface area contributed by atoms with Crippen molar-refractivity contribution >= 4 is 11.8 Å². The van der Waals surface area contributed by atoms with Crippen LogP contribution in [0.2, 0.25) is 0 Å². The molecule has 0 unspecified atom stereocenters. The molecule has 1 aliphatic carbocycles. The number of hydrogen-bond donors (Lipinski definition) is 2. The van der Waals surface area contributed by atoms with Crippen LogP contribution in [-0.4, -0.2) is 23.8 Å². The van der Waals surface area contributed by atoms with E-state index < -0.39 is 5.60 Å². The van der Waals surface area contributed by atoms with Gasteiger partial charge in [-0.3, -0.25) is 0 Å². The third-order valence-corrected chi connectivity index (χ3v) is 3.05. The minimum Gasteiger partial charge on any atom is -0.444 e. The largest absolute Gasteiger partial charge is 0.444 e. The quantitative estimate of drug-likeness (QED) is 0.893. The summed E-state index contributed by atoms with van der Waals surface area (Å²) in [5.74, 6) is -0.252. The van der Waals surface area contributed by atoms with Crippen molar-refractivity contribution in [3.8, 4) is 0 Å². The number of hydrogen-bond acceptors (Lipinski definition) is 3. The number of anilines is 1. The van der Waals surface area contributed by atoms with Gasteiger partial charge in [-0.05, 0) is 51.8 Å². The molecule has 1 saturated carbocycles. The molecule has 1 fully saturated rings. The number of amides is 1. The van der Waals surface area contributed by atoms with E-state index in [1.807, 2.05) is 26.8 Å². The highest BCUT2D eigenvalue weighted by molar-refractivity contribution is 5.68. The van der Waals surface area contributed by atoms with E-state index in [2.05, 4.69) is 10.6 Å². The van der Waals surface area contributed by atoms with Crippen LogP contribution in [0.15, 0.2) is 24.3 Å². The van der Waals surface area contributed by atoms with E-state index in [-0.39, 0.29) is 24.0 Å². The average molecular weight is 280 g/mol. The molecule has 0 atom stereocenters. The van der Waals surface area contributed by atoms with Crippen LogP contribution >= 0.6 is 0 Å². The van der Waals surface area contributed by atoms with E-state index in [9.17, 15) is 9.18 Å². The molecule has 5 heteroatoms. The van der Waals surface area contributed by atoms with Crippen LogP contribution < -0.4 is 10.6 Å². The molecule has 0 heterocycles. The van der Waals surface area contributed by atoms with Gasteiger partial charge in [0.25, 0.3) is 0 Å². The van der Waals surface area contributed by atoms with Crippen molar-refractivity contribution < 1.29 is 13.9 Å². The Labute approximate surface area is 118 Å². The lowest BCUT2D eigenvalue weighted by molar-refractivity contribution is 0.0475. The highest BCUT2D eigenvalue weighted by atomic mass is 19.1. The van der Waals surface area contributed by atoms with Gasteiger partial charge in [0, 0.05) is 17.8 Å². The zero-order chi connectivity index (χ0) is 14.8. The molecule has 0 aromatic heterocycles. The third-order valence-electron chi connectivity index (χ3n) is 3.05. The number of nitrogens with one attached hydrogen (secondary N) is 2. The van der Waals surface area contributed by atoms with E-state index in [1.165, 1.54) is 12.1 Å². The summed E-state index contributed by atoms with van der Waals surface area (Å²) in [6, 6.07) is 6.77. The van der Waals surface area contributed by atoms with Crippen molar-refractivity contribution in [1.29, 1.82) is 0 Å². The topological polar surface area (TPSA) is 50.4 Å². The molecule has 1 aromatic rings. The summed E-state index contributed by atoms with van der Waals surface area (Å²) in [7, 11) is 0. The van der Waals surface area contributed by atoms with Crippen molar-refractivity contribution in [2.45, 2.75) is 51.3 Å². The highest BCUT2D eigenvalue weighted by Gasteiger charge is 2.31. The van der Waals surface area contributed by atoms with Crippen LogP contribution in [0.4, 0.5) is 14.9 Å². The van der Waals surface area contributed by atoms with E-state index in [0.717, 1.165) is 18.5 Å². The van der Waals surface area contributed by atoms with Crippen molar-refractivity contribution in [2.24, 2.45) is 0 Å². The zero-order valence-corrected chi connectivity index (χ0v) is 12.1. The monoisotopic (exact) mass is 280 g/mol. The summed E-state index contributed by atoms with van der Waals surface area (Å²) in [6.45, 7) is 5.50. The van der Waals surface area contributed by atoms with E-state index >= 15 is 0 Å². The Morgan fingerprint density at radius 2 is 2.00 bits per heavy atom. The predicted octanol–water partition coefficient (Wildman–Crippen LogP) is 3.29. The minimum absolute atomic E-state index is 0.121. The Morgan fingerprint density at radius 3 is 2.60 bits per heavy atom. The van der Waals surface area contributed by atoms with Gasteiger partial charge in [0.1, 0.15) is 11.4 Å². The number of ether oxygens (including phenoxy) is 1. The van der Waals surface area contributed by atoms with Crippen molar-refractivity contribution in [2.75, 3.05) is 5.32 Å². The summed E-state index contributed by atoms with van der Waals surface area (Å²) < 4.78 is 18.2. The molecular weight excluding hydrogens is 259 g/mol. The van der Waals surface area contributed by atoms with E-state index in [0.29, 0.717) is 0 Å². The van der Waals surface area contributed by atoms with Crippen LogP contribution in [0.3, 0.4) is 0 Å². The summed E-state index contributed by atoms with van der Waals surface area (Å²) in [6.07, 6.45) is 1.25. The molecule has 1 aliphatic rings. The lowest BCUT2D eigenvalue weighted by atomic mass is 9.86. The number of carbonyl (C=O) groups is 1. The smallest absolute Gasteiger partial charge is 0.407 e. The molecule has 2 N–H and O–H groups in total. The first-order valence-corrected chi connectivity index (χ1v) is 6.83. The number of halogens is 1. The minimum atomic E-state index is -0.479. The SMILES string of the molecule is CC(C)(C)OC(=O)NC1CC(Nc2cccc(F)c2)C1. The number of carbonyl (C=O) groups excluding carboxylic acids is 1. The van der Waals surface area contributed by atoms with Crippen molar-refractivity contribution in [3.05, 3.63) is 30.1 Å². The molecule has 110 valence electrons. The lowest BCUT2D eigenvalue weighted by Crippen LogP contribution is -2.50. The first kappa shape index (κ1) is 14.6. The first-order valence-electron chi connectivity index (χ1n) is 6.83. The second-order valence-corrected chi connectivity index (χ2v) is 6.17. The Morgan fingerprint density at radius 1 is 1.30 bits per heavy atom. The zero-order valence-electron chi connectivity index (χ0n) is 12.1. The summed E-state index contributed by atoms with van der Waals surface area (Å²) >= 11 is 0. The van der Waals surface area contributed by atoms with Gasteiger partial charge in [-0.1, -0.05) is 6.07 Å². The molecule has 20 heavy (non-hydrogen) atoms. The average Bonchev–Trinajstić information content (AvgIpc) is 2.23. The highest BCUT2D eigenvalue weighted by Crippen LogP contribution is 2.25. The van der Waals surface area contributed by atoms with Gasteiger partial charge in [0.2, 0.25) is 0 Å². The van der Waals surface area contributed by atoms with Gasteiger partial charge in [-0.25, -0.2) is 9.18 Å². The van der Waals surface area contributed by atoms with Crippen LogP contribution in [0, 0.1) is 5.82 Å². The third kappa shape index (κ3) is 4.40. The molecule has 0 saturated heterocycles. The number of rotatable bonds is 3. The Bertz CT molecular complexity index is 479. The van der Waals surface area contributed by atoms with Gasteiger partial charge >= 0.3 is 6.09 Å². The van der Waals surface area contributed by atoms with Crippen molar-refractivity contribution in [1.82, 2.24) is 5.32 Å². The molecule has 0 aliphatic heterocycles. The fraction of sp³-hybridized carbons (Fsp3) is 0.533. The van der Waals surface area contributed by atoms with Crippen LogP contribution in [0.25, 0.3) is 0 Å². The Hall–Kier alpha value is -1.78. The molecule has 2 rings (SSSR count). The van der Waals surface area contributed by atoms with Crippen LogP contribution in [0.5, 0.6) is 0 Å². The summed E-state index contributed by atoms with van der Waals surface area (Å²) in [5, 5.41) is 6.06. The van der Waals surface area contributed by atoms with Crippen LogP contribution in [0.1, 0.15) is 33.6 Å². The Balaban J connectivity index is 1.71. The second kappa shape index (κ2) is 5.69. The Kier molecular flexibility index (Phi) is 4.16. The summed E-state index contributed by atoms with van der Waals surface area (Å²) in [4.78, 5) is 11.6. The molecular formula is C15H21FN2O2. The van der Waals surface area contributed by atoms with Crippen molar-refractivity contribution in [3.63, 3.8) is 0 Å². The molecule has 0 bridgehead atoms. The number of alkyl carbamates (subject to hydrolysis) is 1. The maximum absolute atomic E-state index is 13.0. The van der Waals surface area contributed by atoms with Gasteiger partial charge < -0.3 is 15.4 Å². The number of benzene rings is 1. The predicted molar refractivity (Wildman–Crippen MR) is 76.2 cm³/mol. The van der Waals surface area contributed by atoms with Crippen LogP contribution in [-0.2, 0) is 4.74 Å². The first-order chi connectivity index (χ1) is 9.32. The lowest BCUT2D eigenvalue weighted by Gasteiger charge is -2.37. The van der Waals surface area contributed by atoms with Gasteiger partial charge in [-0.2, -0.15) is 0 Å². The summed E-state index contributed by atoms with van der Waals surface area (Å²) in [5.41, 5.74) is 0.290. The van der Waals surface area contributed by atoms with Gasteiger partial charge in [0.05, 0.1) is 0 Å². The fourth-order valence-electron chi connectivity index (χ4n) is 2.14. The molecule has 0 radical (unpaired) electrons. The standard InChI is InChI=1S/C15H21FN2O2/c1-15(2,3)20-14(19)18-13-8-12(9-13)17-11-6-4-5-10(16)7-11/h4-7,12-13,17H,8-9H2,1-3H3,(H,18,19).